The van der Waals surface area contributed by atoms with Gasteiger partial charge < -0.3 is 10.1 Å². The minimum Gasteiger partial charge on any atom is -0.383 e. The molecule has 0 heterocycles. The molecule has 5 heteroatoms. The molecule has 1 atom stereocenters. The summed E-state index contributed by atoms with van der Waals surface area (Å²) in [6.07, 6.45) is 0. The van der Waals surface area contributed by atoms with Crippen molar-refractivity contribution in [1.29, 1.82) is 0 Å². The lowest BCUT2D eigenvalue weighted by molar-refractivity contribution is -0.128. The van der Waals surface area contributed by atoms with Crippen molar-refractivity contribution < 1.29 is 14.3 Å². The van der Waals surface area contributed by atoms with E-state index in [9.17, 15) is 9.59 Å². The molecule has 0 aliphatic carbocycles. The van der Waals surface area contributed by atoms with Gasteiger partial charge in [-0.1, -0.05) is 27.7 Å². The zero-order valence-electron chi connectivity index (χ0n) is 13.7. The number of nitrogens with one attached hydrogen (secondary N) is 1. The number of hydrogen-bond donors (Lipinski definition) is 1. The van der Waals surface area contributed by atoms with E-state index in [2.05, 4.69) is 24.1 Å². The molecule has 0 aromatic carbocycles. The van der Waals surface area contributed by atoms with Crippen LogP contribution >= 0.6 is 0 Å². The van der Waals surface area contributed by atoms with Crippen LogP contribution in [0.25, 0.3) is 0 Å². The summed E-state index contributed by atoms with van der Waals surface area (Å²) in [7, 11) is 1.65. The highest BCUT2D eigenvalue weighted by molar-refractivity contribution is 5.88. The lowest BCUT2D eigenvalue weighted by Gasteiger charge is -2.25. The summed E-state index contributed by atoms with van der Waals surface area (Å²) in [4.78, 5) is 25.6. The number of nitrogens with zero attached hydrogens (tertiary/aromatic N) is 1. The van der Waals surface area contributed by atoms with Gasteiger partial charge in [0.15, 0.2) is 5.78 Å². The molecule has 118 valence electrons. The van der Waals surface area contributed by atoms with E-state index in [1.165, 1.54) is 6.92 Å². The maximum atomic E-state index is 12.1. The Labute approximate surface area is 123 Å². The summed E-state index contributed by atoms with van der Waals surface area (Å²) in [5.74, 6) is 0.485. The van der Waals surface area contributed by atoms with Gasteiger partial charge >= 0.3 is 0 Å². The predicted molar refractivity (Wildman–Crippen MR) is 80.6 cm³/mol. The maximum absolute atomic E-state index is 12.1. The van der Waals surface area contributed by atoms with Crippen molar-refractivity contribution in [3.05, 3.63) is 0 Å². The van der Waals surface area contributed by atoms with Gasteiger partial charge in [-0.05, 0) is 18.8 Å². The van der Waals surface area contributed by atoms with Crippen LogP contribution in [0.2, 0.25) is 0 Å². The Morgan fingerprint density at radius 2 is 1.80 bits per heavy atom. The minimum absolute atomic E-state index is 0.000603. The van der Waals surface area contributed by atoms with Gasteiger partial charge in [0.1, 0.15) is 0 Å². The molecule has 0 saturated carbocycles. The van der Waals surface area contributed by atoms with E-state index in [1.807, 2.05) is 13.8 Å². The van der Waals surface area contributed by atoms with Crippen LogP contribution in [0, 0.1) is 11.8 Å². The van der Waals surface area contributed by atoms with Crippen molar-refractivity contribution in [3.63, 3.8) is 0 Å². The normalized spacial score (nSPS) is 13.1. The van der Waals surface area contributed by atoms with Crippen LogP contribution < -0.4 is 5.32 Å². The molecule has 0 fully saturated rings. The van der Waals surface area contributed by atoms with Gasteiger partial charge in [0.25, 0.3) is 0 Å². The highest BCUT2D eigenvalue weighted by Crippen LogP contribution is 2.04. The Morgan fingerprint density at radius 3 is 2.20 bits per heavy atom. The van der Waals surface area contributed by atoms with Crippen LogP contribution in [0.3, 0.4) is 0 Å². The van der Waals surface area contributed by atoms with Gasteiger partial charge in [-0.15, -0.1) is 0 Å². The summed E-state index contributed by atoms with van der Waals surface area (Å²) in [5.41, 5.74) is 0. The van der Waals surface area contributed by atoms with Crippen LogP contribution in [0.5, 0.6) is 0 Å². The lowest BCUT2D eigenvalue weighted by atomic mass is 10.0. The van der Waals surface area contributed by atoms with Crippen LogP contribution in [-0.4, -0.2) is 56.0 Å². The average molecular weight is 286 g/mol. The fraction of sp³-hybridized carbons (Fsp3) is 0.867. The van der Waals surface area contributed by atoms with E-state index in [4.69, 9.17) is 4.74 Å². The Hall–Kier alpha value is -0.940. The second kappa shape index (κ2) is 9.88. The zero-order chi connectivity index (χ0) is 15.7. The molecule has 0 spiro atoms. The van der Waals surface area contributed by atoms with Crippen molar-refractivity contribution in [2.75, 3.05) is 33.4 Å². The molecule has 0 aromatic rings. The highest BCUT2D eigenvalue weighted by Gasteiger charge is 2.21. The molecule has 0 aromatic heterocycles. The average Bonchev–Trinajstić information content (AvgIpc) is 2.31. The molecule has 1 amide bonds. The molecule has 1 N–H and O–H groups in total. The van der Waals surface area contributed by atoms with Crippen molar-refractivity contribution >= 4 is 11.7 Å². The zero-order valence-corrected chi connectivity index (χ0v) is 13.7. The van der Waals surface area contributed by atoms with Crippen LogP contribution in [0.4, 0.5) is 0 Å². The van der Waals surface area contributed by atoms with E-state index < -0.39 is 6.04 Å². The molecule has 0 aliphatic rings. The first-order chi connectivity index (χ1) is 9.27. The SMILES string of the molecule is COCCN(CC(=O)NC(C(C)=O)C(C)C)CC(C)C. The van der Waals surface area contributed by atoms with E-state index in [0.717, 1.165) is 6.54 Å². The van der Waals surface area contributed by atoms with Gasteiger partial charge in [-0.3, -0.25) is 14.5 Å². The standard InChI is InChI=1S/C15H30N2O3/c1-11(2)9-17(7-8-20-6)10-14(19)16-15(12(3)4)13(5)18/h11-12,15H,7-10H2,1-6H3,(H,16,19). The number of ketones is 1. The molecule has 0 radical (unpaired) electrons. The Bertz CT molecular complexity index is 303. The second-order valence-electron chi connectivity index (χ2n) is 6.02. The van der Waals surface area contributed by atoms with Gasteiger partial charge in [0, 0.05) is 20.2 Å². The molecular formula is C15H30N2O3. The summed E-state index contributed by atoms with van der Waals surface area (Å²) in [6.45, 7) is 12.1. The minimum atomic E-state index is -0.397. The molecule has 5 nitrogen and oxygen atoms in total. The Morgan fingerprint density at radius 1 is 1.20 bits per heavy atom. The van der Waals surface area contributed by atoms with E-state index in [0.29, 0.717) is 25.6 Å². The maximum Gasteiger partial charge on any atom is 0.234 e. The molecule has 0 bridgehead atoms. The summed E-state index contributed by atoms with van der Waals surface area (Å²) in [6, 6.07) is -0.397. The molecule has 1 unspecified atom stereocenters. The molecule has 0 aliphatic heterocycles. The van der Waals surface area contributed by atoms with Crippen LogP contribution in [-0.2, 0) is 14.3 Å². The Balaban J connectivity index is 4.46. The van der Waals surface area contributed by atoms with Crippen LogP contribution in [0.1, 0.15) is 34.6 Å². The third-order valence-electron chi connectivity index (χ3n) is 3.02. The predicted octanol–water partition coefficient (Wildman–Crippen LogP) is 1.32. The number of ether oxygens (including phenoxy) is 1. The number of Topliss-reactive ketones (excluding diaryl/α,β-unsaturated/α-hetero) is 1. The third kappa shape index (κ3) is 8.27. The highest BCUT2D eigenvalue weighted by atomic mass is 16.5. The molecule has 20 heavy (non-hydrogen) atoms. The monoisotopic (exact) mass is 286 g/mol. The Kier molecular flexibility index (Phi) is 9.42. The number of rotatable bonds is 10. The van der Waals surface area contributed by atoms with Gasteiger partial charge in [-0.25, -0.2) is 0 Å². The first-order valence-electron chi connectivity index (χ1n) is 7.29. The smallest absolute Gasteiger partial charge is 0.234 e. The van der Waals surface area contributed by atoms with Crippen LogP contribution in [0.15, 0.2) is 0 Å². The van der Waals surface area contributed by atoms with Crippen molar-refractivity contribution in [1.82, 2.24) is 10.2 Å². The second-order valence-corrected chi connectivity index (χ2v) is 6.02. The van der Waals surface area contributed by atoms with E-state index in [-0.39, 0.29) is 17.6 Å². The first-order valence-corrected chi connectivity index (χ1v) is 7.29. The summed E-state index contributed by atoms with van der Waals surface area (Å²) < 4.78 is 5.07. The molecule has 0 saturated heterocycles. The molecular weight excluding hydrogens is 256 g/mol. The van der Waals surface area contributed by atoms with Gasteiger partial charge in [0.2, 0.25) is 5.91 Å². The number of amides is 1. The number of hydrogen-bond acceptors (Lipinski definition) is 4. The summed E-state index contributed by atoms with van der Waals surface area (Å²) >= 11 is 0. The topological polar surface area (TPSA) is 58.6 Å². The molecule has 0 rings (SSSR count). The van der Waals surface area contributed by atoms with E-state index in [1.54, 1.807) is 7.11 Å². The van der Waals surface area contributed by atoms with Gasteiger partial charge in [-0.2, -0.15) is 0 Å². The largest absolute Gasteiger partial charge is 0.383 e. The lowest BCUT2D eigenvalue weighted by Crippen LogP contribution is -2.48. The fourth-order valence-corrected chi connectivity index (χ4v) is 2.13. The number of methoxy groups -OCH3 is 1. The number of carbonyl (C=O) groups excluding carboxylic acids is 2. The van der Waals surface area contributed by atoms with E-state index >= 15 is 0 Å². The quantitative estimate of drug-likeness (QED) is 0.658. The summed E-state index contributed by atoms with van der Waals surface area (Å²) in [5, 5.41) is 2.83. The first kappa shape index (κ1) is 19.1. The fourth-order valence-electron chi connectivity index (χ4n) is 2.13. The van der Waals surface area contributed by atoms with Crippen molar-refractivity contribution in [3.8, 4) is 0 Å². The van der Waals surface area contributed by atoms with Crippen molar-refractivity contribution in [2.45, 2.75) is 40.7 Å². The van der Waals surface area contributed by atoms with Crippen molar-refractivity contribution in [2.24, 2.45) is 11.8 Å². The van der Waals surface area contributed by atoms with Gasteiger partial charge in [0.05, 0.1) is 19.2 Å². The number of carbonyl (C=O) groups is 2. The third-order valence-corrected chi connectivity index (χ3v) is 3.02.